The fraction of sp³-hybridized carbons (Fsp3) is 0.639. The van der Waals surface area contributed by atoms with Gasteiger partial charge in [0.15, 0.2) is 0 Å². The fourth-order valence-electron chi connectivity index (χ4n) is 6.47. The molecule has 4 aliphatic rings. The third-order valence-electron chi connectivity index (χ3n) is 9.42. The molecule has 1 unspecified atom stereocenters. The van der Waals surface area contributed by atoms with Gasteiger partial charge in [-0.2, -0.15) is 0 Å². The Morgan fingerprint density at radius 3 is 2.38 bits per heavy atom. The van der Waals surface area contributed by atoms with Crippen molar-refractivity contribution >= 4 is 29.9 Å². The van der Waals surface area contributed by atoms with E-state index in [4.69, 9.17) is 15.2 Å². The Labute approximate surface area is 283 Å². The SMILES string of the molecule is CC(C)(C)OC(=O)N[C@@H](CCCCC/C=C\C1C[C@@H]1C(=O)NCC1CC1)C(=O)N1C[C@H](OC(=O)N2Cc3ccccc3C2)C[C@H]1C(N)=O. The number of allylic oxidation sites excluding steroid dienone is 2. The largest absolute Gasteiger partial charge is 0.444 e. The molecule has 3 fully saturated rings. The van der Waals surface area contributed by atoms with E-state index in [1.807, 2.05) is 24.3 Å². The Balaban J connectivity index is 1.11. The average Bonchev–Trinajstić information content (AvgIpc) is 3.92. The van der Waals surface area contributed by atoms with Crippen LogP contribution < -0.4 is 16.4 Å². The van der Waals surface area contributed by atoms with E-state index in [1.165, 1.54) is 17.7 Å². The average molecular weight is 666 g/mol. The van der Waals surface area contributed by atoms with Crippen molar-refractivity contribution in [1.29, 1.82) is 0 Å². The van der Waals surface area contributed by atoms with Crippen LogP contribution in [-0.4, -0.2) is 76.6 Å². The number of unbranched alkanes of at least 4 members (excludes halogenated alkanes) is 3. The van der Waals surface area contributed by atoms with Crippen molar-refractivity contribution in [2.75, 3.05) is 13.1 Å². The Bertz CT molecular complexity index is 1360. The van der Waals surface area contributed by atoms with Gasteiger partial charge in [-0.05, 0) is 82.3 Å². The molecule has 0 spiro atoms. The van der Waals surface area contributed by atoms with Gasteiger partial charge in [0.2, 0.25) is 17.7 Å². The van der Waals surface area contributed by atoms with Crippen LogP contribution in [0.25, 0.3) is 0 Å². The Morgan fingerprint density at radius 2 is 1.73 bits per heavy atom. The fourth-order valence-corrected chi connectivity index (χ4v) is 6.47. The lowest BCUT2D eigenvalue weighted by molar-refractivity contribution is -0.139. The number of likely N-dealkylation sites (tertiary alicyclic amines) is 1. The maximum atomic E-state index is 13.9. The minimum Gasteiger partial charge on any atom is -0.444 e. The number of nitrogens with one attached hydrogen (secondary N) is 2. The van der Waals surface area contributed by atoms with E-state index >= 15 is 0 Å². The van der Waals surface area contributed by atoms with Crippen molar-refractivity contribution in [3.05, 3.63) is 47.5 Å². The molecule has 0 radical (unpaired) electrons. The molecule has 262 valence electrons. The van der Waals surface area contributed by atoms with Crippen LogP contribution >= 0.6 is 0 Å². The highest BCUT2D eigenvalue weighted by molar-refractivity contribution is 5.91. The number of hydrogen-bond donors (Lipinski definition) is 3. The summed E-state index contributed by atoms with van der Waals surface area (Å²) in [5.41, 5.74) is 7.05. The predicted molar refractivity (Wildman–Crippen MR) is 178 cm³/mol. The van der Waals surface area contributed by atoms with Crippen LogP contribution in [0.15, 0.2) is 36.4 Å². The molecule has 5 rings (SSSR count). The van der Waals surface area contributed by atoms with E-state index in [2.05, 4.69) is 22.8 Å². The number of carbonyl (C=O) groups excluding carboxylic acids is 5. The van der Waals surface area contributed by atoms with Crippen LogP contribution in [0.4, 0.5) is 9.59 Å². The number of alkyl carbamates (subject to hydrolysis) is 1. The summed E-state index contributed by atoms with van der Waals surface area (Å²) in [4.78, 5) is 67.2. The van der Waals surface area contributed by atoms with Crippen molar-refractivity contribution < 1.29 is 33.4 Å². The first-order chi connectivity index (χ1) is 22.9. The molecule has 12 nitrogen and oxygen atoms in total. The minimum atomic E-state index is -0.971. The molecule has 48 heavy (non-hydrogen) atoms. The van der Waals surface area contributed by atoms with E-state index in [-0.39, 0.29) is 24.8 Å². The zero-order valence-electron chi connectivity index (χ0n) is 28.5. The molecule has 1 saturated heterocycles. The number of amides is 5. The number of ether oxygens (including phenoxy) is 2. The van der Waals surface area contributed by atoms with E-state index in [9.17, 15) is 24.0 Å². The molecule has 1 aromatic rings. The molecule has 2 saturated carbocycles. The molecule has 4 N–H and O–H groups in total. The van der Waals surface area contributed by atoms with Gasteiger partial charge in [-0.1, -0.05) is 49.3 Å². The van der Waals surface area contributed by atoms with Crippen molar-refractivity contribution in [2.45, 2.75) is 115 Å². The van der Waals surface area contributed by atoms with Gasteiger partial charge in [-0.25, -0.2) is 9.59 Å². The lowest BCUT2D eigenvalue weighted by Crippen LogP contribution is -2.53. The molecule has 5 amide bonds. The van der Waals surface area contributed by atoms with Gasteiger partial charge in [0, 0.05) is 32.0 Å². The Hall–Kier alpha value is -4.09. The van der Waals surface area contributed by atoms with E-state index in [0.717, 1.165) is 43.4 Å². The zero-order chi connectivity index (χ0) is 34.4. The van der Waals surface area contributed by atoms with Crippen LogP contribution in [-0.2, 0) is 36.9 Å². The molecule has 0 bridgehead atoms. The quantitative estimate of drug-likeness (QED) is 0.199. The summed E-state index contributed by atoms with van der Waals surface area (Å²) in [5, 5.41) is 5.77. The molecule has 5 atom stereocenters. The number of benzene rings is 1. The second kappa shape index (κ2) is 15.4. The Morgan fingerprint density at radius 1 is 1.02 bits per heavy atom. The van der Waals surface area contributed by atoms with Crippen LogP contribution in [0.5, 0.6) is 0 Å². The normalized spacial score (nSPS) is 23.8. The van der Waals surface area contributed by atoms with E-state index < -0.39 is 47.8 Å². The standard InChI is InChI=1S/C36H51N5O7/c1-36(2,3)48-34(45)39-29(14-8-6-4-5-7-11-24-17-28(24)32(43)38-19-23-15-16-23)33(44)41-22-27(18-30(41)31(37)42)47-35(46)40-20-25-12-9-10-13-26(25)21-40/h7,9-13,23-24,27-30H,4-6,8,14-22H2,1-3H3,(H2,37,42)(H,38,43)(H,39,45)/b11-7-/t24?,27-,28+,29+,30+/m1/s1. The number of fused-ring (bicyclic) bond motifs is 1. The summed E-state index contributed by atoms with van der Waals surface area (Å²) < 4.78 is 11.2. The number of nitrogens with two attached hydrogens (primary N) is 1. The van der Waals surface area contributed by atoms with Crippen LogP contribution in [0.1, 0.15) is 89.7 Å². The summed E-state index contributed by atoms with van der Waals surface area (Å²) in [6.45, 7) is 6.88. The van der Waals surface area contributed by atoms with Crippen LogP contribution in [0.2, 0.25) is 0 Å². The van der Waals surface area contributed by atoms with Crippen molar-refractivity contribution in [2.24, 2.45) is 23.5 Å². The first-order valence-corrected chi connectivity index (χ1v) is 17.4. The first-order valence-electron chi connectivity index (χ1n) is 17.4. The highest BCUT2D eigenvalue weighted by Gasteiger charge is 2.44. The van der Waals surface area contributed by atoms with Crippen LogP contribution in [0, 0.1) is 17.8 Å². The summed E-state index contributed by atoms with van der Waals surface area (Å²) in [6.07, 6.45) is 9.30. The van der Waals surface area contributed by atoms with Gasteiger partial charge in [0.25, 0.3) is 0 Å². The Kier molecular flexibility index (Phi) is 11.3. The van der Waals surface area contributed by atoms with Crippen molar-refractivity contribution in [3.8, 4) is 0 Å². The summed E-state index contributed by atoms with van der Waals surface area (Å²) in [5.74, 6) is 0.103. The summed E-state index contributed by atoms with van der Waals surface area (Å²) in [7, 11) is 0. The third-order valence-corrected chi connectivity index (χ3v) is 9.42. The number of rotatable bonds is 14. The molecule has 12 heteroatoms. The highest BCUT2D eigenvalue weighted by Crippen LogP contribution is 2.40. The van der Waals surface area contributed by atoms with E-state index in [1.54, 1.807) is 25.7 Å². The molecule has 2 heterocycles. The monoisotopic (exact) mass is 665 g/mol. The van der Waals surface area contributed by atoms with Crippen molar-refractivity contribution in [3.63, 3.8) is 0 Å². The summed E-state index contributed by atoms with van der Waals surface area (Å²) in [6, 6.07) is 5.87. The number of hydrogen-bond acceptors (Lipinski definition) is 7. The number of carbonyl (C=O) groups is 5. The van der Waals surface area contributed by atoms with Gasteiger partial charge in [-0.3, -0.25) is 19.3 Å². The molecular formula is C36H51N5O7. The van der Waals surface area contributed by atoms with Gasteiger partial charge in [-0.15, -0.1) is 0 Å². The number of primary amides is 1. The molecule has 0 aromatic heterocycles. The molecule has 1 aromatic carbocycles. The lowest BCUT2D eigenvalue weighted by atomic mass is 10.0. The topological polar surface area (TPSA) is 160 Å². The smallest absolute Gasteiger partial charge is 0.410 e. The first kappa shape index (κ1) is 35.2. The van der Waals surface area contributed by atoms with Gasteiger partial charge >= 0.3 is 12.2 Å². The highest BCUT2D eigenvalue weighted by atomic mass is 16.6. The second-order valence-electron chi connectivity index (χ2n) is 14.7. The number of nitrogens with zero attached hydrogens (tertiary/aromatic N) is 2. The summed E-state index contributed by atoms with van der Waals surface area (Å²) >= 11 is 0. The lowest BCUT2D eigenvalue weighted by Gasteiger charge is -2.28. The zero-order valence-corrected chi connectivity index (χ0v) is 28.5. The second-order valence-corrected chi connectivity index (χ2v) is 14.7. The minimum absolute atomic E-state index is 0.00295. The van der Waals surface area contributed by atoms with Gasteiger partial charge < -0.3 is 30.7 Å². The van der Waals surface area contributed by atoms with E-state index in [0.29, 0.717) is 37.8 Å². The predicted octanol–water partition coefficient (Wildman–Crippen LogP) is 4.16. The third kappa shape index (κ3) is 9.96. The molecule has 2 aliphatic carbocycles. The maximum Gasteiger partial charge on any atom is 0.410 e. The molecular weight excluding hydrogens is 614 g/mol. The van der Waals surface area contributed by atoms with Crippen molar-refractivity contribution in [1.82, 2.24) is 20.4 Å². The van der Waals surface area contributed by atoms with Crippen LogP contribution in [0.3, 0.4) is 0 Å². The maximum absolute atomic E-state index is 13.9. The molecule has 2 aliphatic heterocycles. The van der Waals surface area contributed by atoms with Gasteiger partial charge in [0.05, 0.1) is 6.54 Å². The van der Waals surface area contributed by atoms with Gasteiger partial charge in [0.1, 0.15) is 23.8 Å².